The van der Waals surface area contributed by atoms with Crippen molar-refractivity contribution in [3.05, 3.63) is 29.3 Å². The third kappa shape index (κ3) is 2.86. The molecule has 16 heavy (non-hydrogen) atoms. The van der Waals surface area contributed by atoms with Crippen molar-refractivity contribution in [3.8, 4) is 0 Å². The first kappa shape index (κ1) is 12.3. The van der Waals surface area contributed by atoms with E-state index in [9.17, 15) is 18.0 Å². The van der Waals surface area contributed by atoms with Gasteiger partial charge in [0.1, 0.15) is 0 Å². The SMILES string of the molecule is Cc1ccc(NC(=O)NN)cc1C(F)(F)F. The van der Waals surface area contributed by atoms with E-state index in [-0.39, 0.29) is 11.3 Å². The van der Waals surface area contributed by atoms with Crippen molar-refractivity contribution >= 4 is 11.7 Å². The van der Waals surface area contributed by atoms with Crippen molar-refractivity contribution in [1.29, 1.82) is 0 Å². The number of alkyl halides is 3. The van der Waals surface area contributed by atoms with Gasteiger partial charge in [-0.1, -0.05) is 6.07 Å². The molecule has 0 radical (unpaired) electrons. The molecule has 0 fully saturated rings. The molecule has 0 aromatic heterocycles. The zero-order valence-electron chi connectivity index (χ0n) is 8.35. The Balaban J connectivity index is 3.03. The number of nitrogens with one attached hydrogen (secondary N) is 2. The lowest BCUT2D eigenvalue weighted by Crippen LogP contribution is -2.34. The quantitative estimate of drug-likeness (QED) is 0.394. The fraction of sp³-hybridized carbons (Fsp3) is 0.222. The van der Waals surface area contributed by atoms with Crippen molar-refractivity contribution in [1.82, 2.24) is 5.43 Å². The Hall–Kier alpha value is -1.76. The minimum Gasteiger partial charge on any atom is -0.307 e. The van der Waals surface area contributed by atoms with Gasteiger partial charge in [0, 0.05) is 5.69 Å². The number of halogens is 3. The highest BCUT2D eigenvalue weighted by molar-refractivity contribution is 5.88. The number of carbonyl (C=O) groups excluding carboxylic acids is 1. The molecule has 4 N–H and O–H groups in total. The second-order valence-electron chi connectivity index (χ2n) is 3.13. The summed E-state index contributed by atoms with van der Waals surface area (Å²) in [5.74, 6) is 4.79. The van der Waals surface area contributed by atoms with E-state index in [0.29, 0.717) is 0 Å². The van der Waals surface area contributed by atoms with Crippen LogP contribution in [0.1, 0.15) is 11.1 Å². The number of amides is 2. The first-order valence-corrected chi connectivity index (χ1v) is 4.30. The molecule has 88 valence electrons. The topological polar surface area (TPSA) is 67.2 Å². The van der Waals surface area contributed by atoms with Gasteiger partial charge in [-0.25, -0.2) is 10.6 Å². The summed E-state index contributed by atoms with van der Waals surface area (Å²) >= 11 is 0. The number of aryl methyl sites for hydroxylation is 1. The van der Waals surface area contributed by atoms with Crippen molar-refractivity contribution in [2.24, 2.45) is 5.84 Å². The molecule has 0 aliphatic carbocycles. The van der Waals surface area contributed by atoms with Crippen LogP contribution < -0.4 is 16.6 Å². The monoisotopic (exact) mass is 233 g/mol. The van der Waals surface area contributed by atoms with Gasteiger partial charge >= 0.3 is 12.2 Å². The number of anilines is 1. The Morgan fingerprint density at radius 1 is 1.38 bits per heavy atom. The highest BCUT2D eigenvalue weighted by Crippen LogP contribution is 2.33. The number of hydrazine groups is 1. The number of rotatable bonds is 1. The van der Waals surface area contributed by atoms with Crippen molar-refractivity contribution in [3.63, 3.8) is 0 Å². The summed E-state index contributed by atoms with van der Waals surface area (Å²) in [6.07, 6.45) is -4.44. The first-order valence-electron chi connectivity index (χ1n) is 4.30. The van der Waals surface area contributed by atoms with E-state index in [4.69, 9.17) is 5.84 Å². The Morgan fingerprint density at radius 3 is 2.50 bits per heavy atom. The van der Waals surface area contributed by atoms with Gasteiger partial charge in [0.05, 0.1) is 5.56 Å². The number of hydrogen-bond acceptors (Lipinski definition) is 2. The molecular weight excluding hydrogens is 223 g/mol. The minimum atomic E-state index is -4.44. The van der Waals surface area contributed by atoms with Gasteiger partial charge in [0.25, 0.3) is 0 Å². The zero-order chi connectivity index (χ0) is 12.3. The molecule has 4 nitrogen and oxygen atoms in total. The van der Waals surface area contributed by atoms with E-state index in [1.165, 1.54) is 19.1 Å². The van der Waals surface area contributed by atoms with Gasteiger partial charge in [0.2, 0.25) is 0 Å². The third-order valence-corrected chi connectivity index (χ3v) is 1.93. The normalized spacial score (nSPS) is 11.1. The standard InChI is InChI=1S/C9H10F3N3O/c1-5-2-3-6(14-8(16)15-13)4-7(5)9(10,11)12/h2-4H,13H2,1H3,(H2,14,15,16). The number of hydrogen-bond donors (Lipinski definition) is 3. The molecule has 0 bridgehead atoms. The molecule has 1 rings (SSSR count). The minimum absolute atomic E-state index is 0.0286. The predicted molar refractivity (Wildman–Crippen MR) is 52.5 cm³/mol. The Labute approximate surface area is 89.6 Å². The Morgan fingerprint density at radius 2 is 2.00 bits per heavy atom. The highest BCUT2D eigenvalue weighted by atomic mass is 19.4. The zero-order valence-corrected chi connectivity index (χ0v) is 8.35. The van der Waals surface area contributed by atoms with Gasteiger partial charge in [0.15, 0.2) is 0 Å². The Bertz CT molecular complexity index is 403. The second-order valence-corrected chi connectivity index (χ2v) is 3.13. The van der Waals surface area contributed by atoms with Crippen molar-refractivity contribution in [2.75, 3.05) is 5.32 Å². The van der Waals surface area contributed by atoms with E-state index < -0.39 is 17.8 Å². The summed E-state index contributed by atoms with van der Waals surface area (Å²) in [6, 6.07) is 2.70. The summed E-state index contributed by atoms with van der Waals surface area (Å²) in [4.78, 5) is 10.8. The molecule has 7 heteroatoms. The summed E-state index contributed by atoms with van der Waals surface area (Å²) in [6.45, 7) is 1.34. The molecule has 0 heterocycles. The molecule has 0 saturated carbocycles. The van der Waals surface area contributed by atoms with Crippen molar-refractivity contribution < 1.29 is 18.0 Å². The molecule has 0 unspecified atom stereocenters. The van der Waals surface area contributed by atoms with Crippen LogP contribution in [0.25, 0.3) is 0 Å². The van der Waals surface area contributed by atoms with Crippen LogP contribution >= 0.6 is 0 Å². The molecule has 0 atom stereocenters. The average Bonchev–Trinajstić information content (AvgIpc) is 2.19. The van der Waals surface area contributed by atoms with Crippen LogP contribution in [0.2, 0.25) is 0 Å². The molecule has 2 amide bonds. The van der Waals surface area contributed by atoms with E-state index in [1.54, 1.807) is 5.43 Å². The number of urea groups is 1. The second kappa shape index (κ2) is 4.40. The first-order chi connectivity index (χ1) is 7.34. The maximum atomic E-state index is 12.5. The summed E-state index contributed by atoms with van der Waals surface area (Å²) in [7, 11) is 0. The maximum Gasteiger partial charge on any atom is 0.416 e. The van der Waals surface area contributed by atoms with Crippen LogP contribution in [-0.2, 0) is 6.18 Å². The Kier molecular flexibility index (Phi) is 3.38. The van der Waals surface area contributed by atoms with Gasteiger partial charge in [-0.15, -0.1) is 0 Å². The number of benzene rings is 1. The van der Waals surface area contributed by atoms with E-state index in [0.717, 1.165) is 6.07 Å². The highest BCUT2D eigenvalue weighted by Gasteiger charge is 2.32. The lowest BCUT2D eigenvalue weighted by atomic mass is 10.1. The van der Waals surface area contributed by atoms with Crippen LogP contribution in [0.3, 0.4) is 0 Å². The average molecular weight is 233 g/mol. The lowest BCUT2D eigenvalue weighted by molar-refractivity contribution is -0.138. The summed E-state index contributed by atoms with van der Waals surface area (Å²) in [5.41, 5.74) is 1.08. The van der Waals surface area contributed by atoms with Crippen LogP contribution in [-0.4, -0.2) is 6.03 Å². The number of carbonyl (C=O) groups is 1. The molecule has 1 aromatic rings. The fourth-order valence-electron chi connectivity index (χ4n) is 1.17. The number of nitrogens with two attached hydrogens (primary N) is 1. The predicted octanol–water partition coefficient (Wildman–Crippen LogP) is 2.01. The smallest absolute Gasteiger partial charge is 0.307 e. The molecular formula is C9H10F3N3O. The van der Waals surface area contributed by atoms with Crippen LogP contribution in [0, 0.1) is 6.92 Å². The van der Waals surface area contributed by atoms with Gasteiger partial charge < -0.3 is 5.32 Å². The van der Waals surface area contributed by atoms with Gasteiger partial charge in [-0.3, -0.25) is 5.43 Å². The van der Waals surface area contributed by atoms with E-state index in [1.807, 2.05) is 0 Å². The molecule has 1 aromatic carbocycles. The van der Waals surface area contributed by atoms with Gasteiger partial charge in [-0.2, -0.15) is 13.2 Å². The fourth-order valence-corrected chi connectivity index (χ4v) is 1.17. The largest absolute Gasteiger partial charge is 0.416 e. The maximum absolute atomic E-state index is 12.5. The molecule has 0 aliphatic heterocycles. The molecule has 0 saturated heterocycles. The van der Waals surface area contributed by atoms with Crippen LogP contribution in [0.15, 0.2) is 18.2 Å². The van der Waals surface area contributed by atoms with Crippen LogP contribution in [0.5, 0.6) is 0 Å². The molecule has 0 spiro atoms. The van der Waals surface area contributed by atoms with Crippen molar-refractivity contribution in [2.45, 2.75) is 13.1 Å². The third-order valence-electron chi connectivity index (χ3n) is 1.93. The van der Waals surface area contributed by atoms with Crippen LogP contribution in [0.4, 0.5) is 23.7 Å². The summed E-state index contributed by atoms with van der Waals surface area (Å²) < 4.78 is 37.5. The van der Waals surface area contributed by atoms with E-state index >= 15 is 0 Å². The van der Waals surface area contributed by atoms with E-state index in [2.05, 4.69) is 5.32 Å². The lowest BCUT2D eigenvalue weighted by Gasteiger charge is -2.12. The summed E-state index contributed by atoms with van der Waals surface area (Å²) in [5, 5.41) is 2.16. The van der Waals surface area contributed by atoms with Gasteiger partial charge in [-0.05, 0) is 24.6 Å². The molecule has 0 aliphatic rings.